The minimum Gasteiger partial charge on any atom is -0.367 e. The number of anilines is 1. The van der Waals surface area contributed by atoms with Crippen LogP contribution in [0.4, 0.5) is 14.5 Å². The molecule has 3 aliphatic rings. The third-order valence-electron chi connectivity index (χ3n) is 7.07. The van der Waals surface area contributed by atoms with Crippen LogP contribution in [0.1, 0.15) is 40.4 Å². The first-order valence-electron chi connectivity index (χ1n) is 11.2. The van der Waals surface area contributed by atoms with Gasteiger partial charge in [0.1, 0.15) is 17.3 Å². The Hall–Kier alpha value is -2.53. The second kappa shape index (κ2) is 8.60. The van der Waals surface area contributed by atoms with Crippen molar-refractivity contribution in [1.82, 2.24) is 10.6 Å². The van der Waals surface area contributed by atoms with Crippen LogP contribution in [0, 0.1) is 17.0 Å². The Kier molecular flexibility index (Phi) is 5.87. The molecule has 2 amide bonds. The maximum absolute atomic E-state index is 15.0. The molecule has 5 rings (SSSR count). The Morgan fingerprint density at radius 3 is 2.47 bits per heavy atom. The van der Waals surface area contributed by atoms with E-state index in [4.69, 9.17) is 0 Å². The van der Waals surface area contributed by atoms with Gasteiger partial charge in [-0.1, -0.05) is 6.07 Å². The quantitative estimate of drug-likeness (QED) is 0.646. The van der Waals surface area contributed by atoms with Crippen molar-refractivity contribution in [3.05, 3.63) is 51.7 Å². The molecular formula is C23H25F2N3O4S2. The van der Waals surface area contributed by atoms with Gasteiger partial charge in [-0.2, -0.15) is 0 Å². The predicted octanol–water partition coefficient (Wildman–Crippen LogP) is 2.44. The second-order valence-corrected chi connectivity index (χ2v) is 12.5. The molecule has 1 unspecified atom stereocenters. The third kappa shape index (κ3) is 4.43. The summed E-state index contributed by atoms with van der Waals surface area (Å²) < 4.78 is 53.2. The molecule has 3 fully saturated rings. The molecule has 182 valence electrons. The Bertz CT molecular complexity index is 1190. The zero-order valence-corrected chi connectivity index (χ0v) is 20.0. The van der Waals surface area contributed by atoms with E-state index in [2.05, 4.69) is 10.6 Å². The second-order valence-electron chi connectivity index (χ2n) is 9.53. The highest BCUT2D eigenvalue weighted by Crippen LogP contribution is 2.44. The number of carbonyl (C=O) groups is 2. The minimum atomic E-state index is -2.96. The van der Waals surface area contributed by atoms with Gasteiger partial charge in [-0.15, -0.1) is 11.3 Å². The van der Waals surface area contributed by atoms with Gasteiger partial charge in [-0.05, 0) is 48.4 Å². The molecule has 34 heavy (non-hydrogen) atoms. The summed E-state index contributed by atoms with van der Waals surface area (Å²) in [5.41, 5.74) is -0.112. The lowest BCUT2D eigenvalue weighted by Gasteiger charge is -2.47. The van der Waals surface area contributed by atoms with E-state index in [1.807, 2.05) is 0 Å². The molecule has 2 atom stereocenters. The Morgan fingerprint density at radius 2 is 1.88 bits per heavy atom. The molecule has 4 heterocycles. The van der Waals surface area contributed by atoms with Gasteiger partial charge in [0.05, 0.1) is 22.3 Å². The summed E-state index contributed by atoms with van der Waals surface area (Å²) in [5, 5.41) is 7.37. The Balaban J connectivity index is 1.23. The number of rotatable bonds is 5. The lowest BCUT2D eigenvalue weighted by molar-refractivity contribution is -0.120. The van der Waals surface area contributed by atoms with Crippen LogP contribution in [0.3, 0.4) is 0 Å². The van der Waals surface area contributed by atoms with Crippen molar-refractivity contribution in [3.63, 3.8) is 0 Å². The molecule has 1 aromatic carbocycles. The summed E-state index contributed by atoms with van der Waals surface area (Å²) in [7, 11) is -2.96. The van der Waals surface area contributed by atoms with Gasteiger partial charge < -0.3 is 15.5 Å². The van der Waals surface area contributed by atoms with E-state index in [1.165, 1.54) is 23.5 Å². The first kappa shape index (κ1) is 23.2. The fourth-order valence-corrected chi connectivity index (χ4v) is 8.36. The summed E-state index contributed by atoms with van der Waals surface area (Å²) in [6, 6.07) is 5.59. The van der Waals surface area contributed by atoms with Crippen molar-refractivity contribution in [2.45, 2.75) is 31.2 Å². The van der Waals surface area contributed by atoms with Gasteiger partial charge in [-0.25, -0.2) is 17.2 Å². The number of nitrogens with one attached hydrogen (secondary N) is 2. The van der Waals surface area contributed by atoms with Crippen molar-refractivity contribution >= 4 is 38.7 Å². The van der Waals surface area contributed by atoms with Crippen LogP contribution < -0.4 is 15.5 Å². The number of halogens is 2. The summed E-state index contributed by atoms with van der Waals surface area (Å²) in [5.74, 6) is -2.40. The first-order valence-corrected chi connectivity index (χ1v) is 13.9. The molecule has 3 saturated heterocycles. The normalized spacial score (nSPS) is 25.1. The number of hydrogen-bond acceptors (Lipinski definition) is 6. The van der Waals surface area contributed by atoms with Crippen LogP contribution >= 0.6 is 11.3 Å². The third-order valence-corrected chi connectivity index (χ3v) is 10.0. The van der Waals surface area contributed by atoms with E-state index in [0.717, 1.165) is 0 Å². The highest BCUT2D eigenvalue weighted by Gasteiger charge is 2.50. The number of amides is 2. The predicted molar refractivity (Wildman–Crippen MR) is 125 cm³/mol. The molecule has 11 heteroatoms. The molecule has 0 aliphatic carbocycles. The summed E-state index contributed by atoms with van der Waals surface area (Å²) >= 11 is 1.32. The monoisotopic (exact) mass is 509 g/mol. The zero-order valence-electron chi connectivity index (χ0n) is 18.4. The smallest absolute Gasteiger partial charge is 0.261 e. The van der Waals surface area contributed by atoms with E-state index < -0.39 is 27.4 Å². The number of hydrogen-bond donors (Lipinski definition) is 2. The highest BCUT2D eigenvalue weighted by atomic mass is 32.2. The van der Waals surface area contributed by atoms with Crippen LogP contribution in [0.5, 0.6) is 0 Å². The van der Waals surface area contributed by atoms with Gasteiger partial charge in [0, 0.05) is 31.1 Å². The fourth-order valence-electron chi connectivity index (χ4n) is 5.36. The number of piperidine rings is 1. The lowest BCUT2D eigenvalue weighted by Crippen LogP contribution is -2.54. The van der Waals surface area contributed by atoms with Crippen LogP contribution in [-0.4, -0.2) is 57.4 Å². The van der Waals surface area contributed by atoms with Crippen LogP contribution in [0.15, 0.2) is 29.6 Å². The molecule has 7 nitrogen and oxygen atoms in total. The van der Waals surface area contributed by atoms with Crippen molar-refractivity contribution in [3.8, 4) is 0 Å². The molecule has 0 saturated carbocycles. The number of thiophene rings is 1. The van der Waals surface area contributed by atoms with E-state index >= 15 is 8.78 Å². The summed E-state index contributed by atoms with van der Waals surface area (Å²) in [6.07, 6.45) is 1.48. The van der Waals surface area contributed by atoms with Crippen LogP contribution in [0.2, 0.25) is 0 Å². The fraction of sp³-hybridized carbons (Fsp3) is 0.478. The standard InChI is InChI=1S/C23H25F2N3O4S2/c24-17-8-14(16-10-15(27-21(16)29)11-26-22(30)19-2-1-7-33-19)9-18(25)20(17)28-5-3-23(4-6-28)12-34(31,32)13-23/h1-2,7-9,15-16H,3-6,10-13H2,(H,26,30)(H,27,29)/t15?,16-/m0/s1. The largest absolute Gasteiger partial charge is 0.367 e. The van der Waals surface area contributed by atoms with Gasteiger partial charge in [0.25, 0.3) is 5.91 Å². The summed E-state index contributed by atoms with van der Waals surface area (Å²) in [6.45, 7) is 1.00. The first-order chi connectivity index (χ1) is 16.1. The SMILES string of the molecule is O=C(NCC1C[C@@H](c2cc(F)c(N3CCC4(CC3)CS(=O)(=O)C4)c(F)c2)C(=O)N1)c1cccs1. The number of benzene rings is 1. The van der Waals surface area contributed by atoms with Crippen molar-refractivity contribution < 1.29 is 26.8 Å². The minimum absolute atomic E-state index is 0.126. The van der Waals surface area contributed by atoms with E-state index in [9.17, 15) is 18.0 Å². The average molecular weight is 510 g/mol. The average Bonchev–Trinajstić information content (AvgIpc) is 3.41. The molecular weight excluding hydrogens is 484 g/mol. The molecule has 1 spiro atoms. The summed E-state index contributed by atoms with van der Waals surface area (Å²) in [4.78, 5) is 26.8. The zero-order chi connectivity index (χ0) is 24.1. The van der Waals surface area contributed by atoms with Crippen molar-refractivity contribution in [1.29, 1.82) is 0 Å². The maximum atomic E-state index is 15.0. The van der Waals surface area contributed by atoms with Crippen molar-refractivity contribution in [2.75, 3.05) is 36.0 Å². The van der Waals surface area contributed by atoms with E-state index in [1.54, 1.807) is 22.4 Å². The van der Waals surface area contributed by atoms with Crippen LogP contribution in [0.25, 0.3) is 0 Å². The topological polar surface area (TPSA) is 95.6 Å². The molecule has 1 aromatic heterocycles. The van der Waals surface area contributed by atoms with E-state index in [-0.39, 0.29) is 52.6 Å². The molecule has 2 aromatic rings. The lowest BCUT2D eigenvalue weighted by atomic mass is 9.81. The molecule has 0 radical (unpaired) electrons. The van der Waals surface area contributed by atoms with Gasteiger partial charge in [0.2, 0.25) is 5.91 Å². The van der Waals surface area contributed by atoms with E-state index in [0.29, 0.717) is 37.2 Å². The van der Waals surface area contributed by atoms with Gasteiger partial charge in [0.15, 0.2) is 9.84 Å². The Labute approximate surface area is 200 Å². The molecule has 3 aliphatic heterocycles. The maximum Gasteiger partial charge on any atom is 0.261 e. The highest BCUT2D eigenvalue weighted by molar-refractivity contribution is 7.92. The van der Waals surface area contributed by atoms with Crippen LogP contribution in [-0.2, 0) is 14.6 Å². The van der Waals surface area contributed by atoms with Gasteiger partial charge in [-0.3, -0.25) is 9.59 Å². The molecule has 0 bridgehead atoms. The number of nitrogens with zero attached hydrogens (tertiary/aromatic N) is 1. The van der Waals surface area contributed by atoms with Crippen molar-refractivity contribution in [2.24, 2.45) is 5.41 Å². The Morgan fingerprint density at radius 1 is 1.21 bits per heavy atom. The van der Waals surface area contributed by atoms with Gasteiger partial charge >= 0.3 is 0 Å². The number of sulfone groups is 1. The number of carbonyl (C=O) groups excluding carboxylic acids is 2. The molecule has 2 N–H and O–H groups in total.